The number of hydrogen-bond acceptors (Lipinski definition) is 4. The summed E-state index contributed by atoms with van der Waals surface area (Å²) in [4.78, 5) is 0. The molecular formula is C9H14N2O3S. The molecule has 84 valence electrons. The molecule has 3 N–H and O–H groups in total. The monoisotopic (exact) mass is 230 g/mol. The molecule has 6 heteroatoms. The summed E-state index contributed by atoms with van der Waals surface area (Å²) in [6.07, 6.45) is 1.11. The molecule has 0 atom stereocenters. The predicted octanol–water partition coefficient (Wildman–Crippen LogP) is 0.197. The van der Waals surface area contributed by atoms with Crippen LogP contribution >= 0.6 is 0 Å². The standard InChI is InChI=1S/C9H14N2O3S/c1-15(12,13)11-6-7-14-9-4-2-8(10)3-5-9/h2-5,11H,6-7,10H2,1H3. The minimum absolute atomic E-state index is 0.253. The Labute approximate surface area is 89.3 Å². The lowest BCUT2D eigenvalue weighted by atomic mass is 10.3. The maximum absolute atomic E-state index is 10.7. The van der Waals surface area contributed by atoms with Crippen molar-refractivity contribution in [1.29, 1.82) is 0 Å². The number of sulfonamides is 1. The van der Waals surface area contributed by atoms with E-state index in [0.717, 1.165) is 6.26 Å². The SMILES string of the molecule is CS(=O)(=O)NCCOc1ccc(N)cc1. The van der Waals surface area contributed by atoms with Crippen LogP contribution in [0.25, 0.3) is 0 Å². The van der Waals surface area contributed by atoms with Crippen LogP contribution in [-0.4, -0.2) is 27.8 Å². The molecule has 0 heterocycles. The summed E-state index contributed by atoms with van der Waals surface area (Å²) >= 11 is 0. The van der Waals surface area contributed by atoms with Crippen LogP contribution in [0.3, 0.4) is 0 Å². The highest BCUT2D eigenvalue weighted by molar-refractivity contribution is 7.88. The molecule has 0 bridgehead atoms. The van der Waals surface area contributed by atoms with Crippen LogP contribution in [0.5, 0.6) is 5.75 Å². The first-order chi connectivity index (χ1) is 6.97. The molecule has 1 aromatic rings. The first-order valence-electron chi connectivity index (χ1n) is 4.40. The van der Waals surface area contributed by atoms with E-state index in [1.165, 1.54) is 0 Å². The number of hydrogen-bond donors (Lipinski definition) is 2. The molecular weight excluding hydrogens is 216 g/mol. The van der Waals surface area contributed by atoms with Crippen LogP contribution in [0.1, 0.15) is 0 Å². The van der Waals surface area contributed by atoms with Crippen molar-refractivity contribution in [2.75, 3.05) is 25.1 Å². The van der Waals surface area contributed by atoms with Crippen molar-refractivity contribution in [3.63, 3.8) is 0 Å². The molecule has 0 unspecified atom stereocenters. The van der Waals surface area contributed by atoms with E-state index in [2.05, 4.69) is 4.72 Å². The van der Waals surface area contributed by atoms with Crippen molar-refractivity contribution in [3.05, 3.63) is 24.3 Å². The van der Waals surface area contributed by atoms with E-state index in [4.69, 9.17) is 10.5 Å². The Morgan fingerprint density at radius 2 is 1.93 bits per heavy atom. The minimum Gasteiger partial charge on any atom is -0.492 e. The van der Waals surface area contributed by atoms with Crippen LogP contribution in [0, 0.1) is 0 Å². The van der Waals surface area contributed by atoms with Gasteiger partial charge in [0.15, 0.2) is 0 Å². The van der Waals surface area contributed by atoms with Gasteiger partial charge < -0.3 is 10.5 Å². The average Bonchev–Trinajstić information content (AvgIpc) is 2.14. The molecule has 1 rings (SSSR count). The Bertz CT molecular complexity index is 400. The first-order valence-corrected chi connectivity index (χ1v) is 6.29. The molecule has 0 aliphatic carbocycles. The maximum atomic E-state index is 10.7. The highest BCUT2D eigenvalue weighted by Crippen LogP contribution is 2.12. The van der Waals surface area contributed by atoms with Gasteiger partial charge in [-0.2, -0.15) is 0 Å². The molecule has 0 saturated heterocycles. The average molecular weight is 230 g/mol. The smallest absolute Gasteiger partial charge is 0.208 e. The number of nitrogens with two attached hydrogens (primary N) is 1. The Kier molecular flexibility index (Phi) is 3.93. The van der Waals surface area contributed by atoms with Crippen molar-refractivity contribution in [2.45, 2.75) is 0 Å². The fraction of sp³-hybridized carbons (Fsp3) is 0.333. The van der Waals surface area contributed by atoms with Crippen molar-refractivity contribution in [2.24, 2.45) is 0 Å². The first kappa shape index (κ1) is 11.8. The maximum Gasteiger partial charge on any atom is 0.208 e. The van der Waals surface area contributed by atoms with Gasteiger partial charge in [-0.05, 0) is 24.3 Å². The van der Waals surface area contributed by atoms with E-state index in [1.54, 1.807) is 24.3 Å². The lowest BCUT2D eigenvalue weighted by Crippen LogP contribution is -2.26. The fourth-order valence-electron chi connectivity index (χ4n) is 0.960. The summed E-state index contributed by atoms with van der Waals surface area (Å²) in [5, 5.41) is 0. The van der Waals surface area contributed by atoms with Crippen molar-refractivity contribution >= 4 is 15.7 Å². The van der Waals surface area contributed by atoms with Gasteiger partial charge in [0.2, 0.25) is 10.0 Å². The number of anilines is 1. The minimum atomic E-state index is -3.14. The largest absolute Gasteiger partial charge is 0.492 e. The second kappa shape index (κ2) is 4.99. The predicted molar refractivity (Wildman–Crippen MR) is 59.2 cm³/mol. The summed E-state index contributed by atoms with van der Waals surface area (Å²) in [5.74, 6) is 0.666. The second-order valence-corrected chi connectivity index (χ2v) is 4.92. The lowest BCUT2D eigenvalue weighted by Gasteiger charge is -2.06. The van der Waals surface area contributed by atoms with E-state index < -0.39 is 10.0 Å². The Morgan fingerprint density at radius 1 is 1.33 bits per heavy atom. The summed E-state index contributed by atoms with van der Waals surface area (Å²) in [6.45, 7) is 0.542. The summed E-state index contributed by atoms with van der Waals surface area (Å²) in [7, 11) is -3.14. The van der Waals surface area contributed by atoms with Crippen LogP contribution in [0.4, 0.5) is 5.69 Å². The van der Waals surface area contributed by atoms with Crippen LogP contribution in [0.15, 0.2) is 24.3 Å². The van der Waals surface area contributed by atoms with E-state index in [1.807, 2.05) is 0 Å². The Hall–Kier alpha value is -1.27. The molecule has 5 nitrogen and oxygen atoms in total. The van der Waals surface area contributed by atoms with Crippen LogP contribution in [0.2, 0.25) is 0 Å². The number of nitrogen functional groups attached to an aromatic ring is 1. The van der Waals surface area contributed by atoms with Gasteiger partial charge in [-0.15, -0.1) is 0 Å². The lowest BCUT2D eigenvalue weighted by molar-refractivity contribution is 0.323. The van der Waals surface area contributed by atoms with E-state index in [0.29, 0.717) is 11.4 Å². The highest BCUT2D eigenvalue weighted by Gasteiger charge is 1.99. The fourth-order valence-corrected chi connectivity index (χ4v) is 1.41. The molecule has 0 spiro atoms. The number of nitrogens with one attached hydrogen (secondary N) is 1. The zero-order valence-corrected chi connectivity index (χ0v) is 9.25. The molecule has 0 amide bonds. The topological polar surface area (TPSA) is 81.4 Å². The third-order valence-electron chi connectivity index (χ3n) is 1.62. The van der Waals surface area contributed by atoms with Crippen molar-refractivity contribution < 1.29 is 13.2 Å². The van der Waals surface area contributed by atoms with Gasteiger partial charge in [0.05, 0.1) is 6.26 Å². The summed E-state index contributed by atoms with van der Waals surface area (Å²) < 4.78 is 29.0. The molecule has 0 saturated carbocycles. The molecule has 0 aliphatic rings. The quantitative estimate of drug-likeness (QED) is 0.559. The van der Waals surface area contributed by atoms with Crippen LogP contribution < -0.4 is 15.2 Å². The normalized spacial score (nSPS) is 11.3. The summed E-state index contributed by atoms with van der Waals surface area (Å²) in [6, 6.07) is 6.91. The molecule has 0 radical (unpaired) electrons. The van der Waals surface area contributed by atoms with Gasteiger partial charge in [0.25, 0.3) is 0 Å². The molecule has 0 fully saturated rings. The van der Waals surface area contributed by atoms with Crippen LogP contribution in [-0.2, 0) is 10.0 Å². The molecule has 0 aliphatic heterocycles. The number of benzene rings is 1. The van der Waals surface area contributed by atoms with Crippen molar-refractivity contribution in [3.8, 4) is 5.75 Å². The number of rotatable bonds is 5. The van der Waals surface area contributed by atoms with Crippen molar-refractivity contribution in [1.82, 2.24) is 4.72 Å². The third kappa shape index (κ3) is 5.24. The van der Waals surface area contributed by atoms with E-state index >= 15 is 0 Å². The zero-order valence-electron chi connectivity index (χ0n) is 8.43. The molecule has 1 aromatic carbocycles. The summed E-state index contributed by atoms with van der Waals surface area (Å²) in [5.41, 5.74) is 6.15. The van der Waals surface area contributed by atoms with Gasteiger partial charge in [-0.1, -0.05) is 0 Å². The van der Waals surface area contributed by atoms with Gasteiger partial charge in [-0.25, -0.2) is 13.1 Å². The number of ether oxygens (including phenoxy) is 1. The highest BCUT2D eigenvalue weighted by atomic mass is 32.2. The van der Waals surface area contributed by atoms with Gasteiger partial charge in [0.1, 0.15) is 12.4 Å². The van der Waals surface area contributed by atoms with Gasteiger partial charge in [0, 0.05) is 12.2 Å². The second-order valence-electron chi connectivity index (χ2n) is 3.08. The van der Waals surface area contributed by atoms with E-state index in [9.17, 15) is 8.42 Å². The van der Waals surface area contributed by atoms with Gasteiger partial charge in [-0.3, -0.25) is 0 Å². The van der Waals surface area contributed by atoms with E-state index in [-0.39, 0.29) is 13.2 Å². The Balaban J connectivity index is 2.29. The molecule has 0 aromatic heterocycles. The Morgan fingerprint density at radius 3 is 2.47 bits per heavy atom. The zero-order chi connectivity index (χ0) is 11.3. The van der Waals surface area contributed by atoms with Gasteiger partial charge >= 0.3 is 0 Å². The molecule has 15 heavy (non-hydrogen) atoms. The third-order valence-corrected chi connectivity index (χ3v) is 2.34.